The average molecular weight is 322 g/mol. The zero-order valence-electron chi connectivity index (χ0n) is 11.7. The van der Waals surface area contributed by atoms with Crippen LogP contribution in [-0.2, 0) is 14.6 Å². The number of morpholine rings is 1. The van der Waals surface area contributed by atoms with E-state index >= 15 is 0 Å². The Labute approximate surface area is 131 Å². The van der Waals surface area contributed by atoms with Crippen LogP contribution in [0.5, 0.6) is 0 Å². The van der Waals surface area contributed by atoms with Crippen molar-refractivity contribution in [1.82, 2.24) is 4.98 Å². The first-order valence-corrected chi connectivity index (χ1v) is 9.17. The minimum Gasteiger partial charge on any atom is -0.444 e. The van der Waals surface area contributed by atoms with Crippen LogP contribution >= 0.6 is 0 Å². The van der Waals surface area contributed by atoms with Crippen molar-refractivity contribution in [2.24, 2.45) is 0 Å². The zero-order chi connectivity index (χ0) is 14.9. The van der Waals surface area contributed by atoms with E-state index in [9.17, 15) is 8.42 Å². The predicted octanol–water partition coefficient (Wildman–Crippen LogP) is -0.398. The molecule has 0 unspecified atom stereocenters. The Morgan fingerprint density at radius 1 is 1.14 bits per heavy atom. The first kappa shape index (κ1) is 14.6. The number of ether oxygens (including phenoxy) is 1. The van der Waals surface area contributed by atoms with Gasteiger partial charge in [-0.3, -0.25) is 0 Å². The van der Waals surface area contributed by atoms with Crippen molar-refractivity contribution in [3.8, 4) is 0 Å². The quantitative estimate of drug-likeness (QED) is 0.716. The molecular weight excluding hydrogens is 307 g/mol. The largest absolute Gasteiger partial charge is 0.444 e. The maximum absolute atomic E-state index is 12.7. The van der Waals surface area contributed by atoms with Crippen LogP contribution in [-0.4, -0.2) is 56.0 Å². The molecular formula is C13H15AlN2O4S. The molecule has 3 rings (SSSR count). The molecule has 0 bridgehead atoms. The van der Waals surface area contributed by atoms with E-state index in [2.05, 4.69) is 4.98 Å². The number of sulfone groups is 1. The third-order valence-electron chi connectivity index (χ3n) is 3.29. The summed E-state index contributed by atoms with van der Waals surface area (Å²) in [5.41, 5.74) is 0. The average Bonchev–Trinajstić information content (AvgIpc) is 2.92. The third-order valence-corrected chi connectivity index (χ3v) is 5.39. The van der Waals surface area contributed by atoms with E-state index in [0.717, 1.165) is 0 Å². The molecule has 1 aromatic heterocycles. The molecule has 1 aromatic carbocycles. The number of hydrogen-bond donors (Lipinski definition) is 0. The maximum Gasteiger partial charge on any atom is 0.351 e. The number of oxazole rings is 1. The van der Waals surface area contributed by atoms with Gasteiger partial charge in [-0.15, -0.1) is 0 Å². The summed E-state index contributed by atoms with van der Waals surface area (Å²) >= 11 is 0.560. The van der Waals surface area contributed by atoms with Gasteiger partial charge in [0.1, 0.15) is 0 Å². The van der Waals surface area contributed by atoms with Crippen molar-refractivity contribution >= 4 is 36.8 Å². The molecule has 0 aliphatic carbocycles. The molecule has 0 radical (unpaired) electrons. The fraction of sp³-hybridized carbons (Fsp3) is 0.308. The molecule has 21 heavy (non-hydrogen) atoms. The third kappa shape index (κ3) is 2.85. The lowest BCUT2D eigenvalue weighted by molar-refractivity contribution is 0.120. The Balaban J connectivity index is 2.06. The lowest BCUT2D eigenvalue weighted by Gasteiger charge is -2.26. The van der Waals surface area contributed by atoms with E-state index in [1.54, 1.807) is 30.3 Å². The molecule has 0 N–H and O–H groups in total. The number of benzene rings is 1. The summed E-state index contributed by atoms with van der Waals surface area (Å²) in [5, 5.41) is 0.0144. The summed E-state index contributed by atoms with van der Waals surface area (Å²) < 4.78 is 36.9. The Morgan fingerprint density at radius 2 is 1.81 bits per heavy atom. The van der Waals surface area contributed by atoms with Crippen LogP contribution in [0.4, 0.5) is 5.88 Å². The topological polar surface area (TPSA) is 72.6 Å². The van der Waals surface area contributed by atoms with Crippen molar-refractivity contribution in [3.05, 3.63) is 30.3 Å². The molecule has 0 spiro atoms. The molecule has 0 amide bonds. The number of rotatable bonds is 3. The van der Waals surface area contributed by atoms with Crippen molar-refractivity contribution in [3.63, 3.8) is 0 Å². The highest BCUT2D eigenvalue weighted by Gasteiger charge is 2.30. The lowest BCUT2D eigenvalue weighted by atomic mass is 10.4. The minimum absolute atomic E-state index is 0.0144. The summed E-state index contributed by atoms with van der Waals surface area (Å²) in [7, 11) is -3.66. The van der Waals surface area contributed by atoms with Crippen molar-refractivity contribution in [2.45, 2.75) is 9.92 Å². The Morgan fingerprint density at radius 3 is 2.48 bits per heavy atom. The van der Waals surface area contributed by atoms with Gasteiger partial charge in [0.25, 0.3) is 0 Å². The molecule has 1 aliphatic rings. The summed E-state index contributed by atoms with van der Waals surface area (Å²) in [6, 6.07) is 8.31. The number of aromatic nitrogens is 1. The number of nitrogens with zero attached hydrogens (tertiary/aromatic N) is 2. The minimum atomic E-state index is -3.66. The molecule has 1 fully saturated rings. The fourth-order valence-electron chi connectivity index (χ4n) is 2.25. The van der Waals surface area contributed by atoms with Gasteiger partial charge < -0.3 is 14.1 Å². The first-order chi connectivity index (χ1) is 10.1. The number of hydrogen-bond acceptors (Lipinski definition) is 6. The highest BCUT2D eigenvalue weighted by molar-refractivity contribution is 7.91. The molecule has 8 heteroatoms. The normalized spacial score (nSPS) is 16.1. The number of anilines is 1. The van der Waals surface area contributed by atoms with Gasteiger partial charge in [0.05, 0.1) is 22.9 Å². The van der Waals surface area contributed by atoms with Crippen LogP contribution < -0.4 is 9.65 Å². The molecule has 6 nitrogen and oxygen atoms in total. The summed E-state index contributed by atoms with van der Waals surface area (Å²) in [4.78, 5) is 6.27. The van der Waals surface area contributed by atoms with Crippen LogP contribution in [0.2, 0.25) is 0 Å². The SMILES string of the molecule is O=S(=O)(c1ccccc1)c1n[c]([AlH2])oc1N1CCOCC1. The summed E-state index contributed by atoms with van der Waals surface area (Å²) in [5.74, 6) is 0.340. The predicted molar refractivity (Wildman–Crippen MR) is 79.6 cm³/mol. The van der Waals surface area contributed by atoms with Crippen molar-refractivity contribution in [2.75, 3.05) is 31.2 Å². The maximum atomic E-state index is 12.7. The van der Waals surface area contributed by atoms with Crippen LogP contribution in [0.25, 0.3) is 0 Å². The molecule has 2 heterocycles. The van der Waals surface area contributed by atoms with E-state index < -0.39 is 9.84 Å². The van der Waals surface area contributed by atoms with Gasteiger partial charge in [0.15, 0.2) is 0 Å². The smallest absolute Gasteiger partial charge is 0.351 e. The van der Waals surface area contributed by atoms with Crippen LogP contribution in [0, 0.1) is 0 Å². The van der Waals surface area contributed by atoms with E-state index in [-0.39, 0.29) is 9.92 Å². The van der Waals surface area contributed by atoms with E-state index in [1.807, 2.05) is 4.90 Å². The molecule has 0 saturated carbocycles. The van der Waals surface area contributed by atoms with Gasteiger partial charge >= 0.3 is 16.3 Å². The van der Waals surface area contributed by atoms with Crippen LogP contribution in [0.3, 0.4) is 0 Å². The highest BCUT2D eigenvalue weighted by atomic mass is 32.2. The fourth-order valence-corrected chi connectivity index (χ4v) is 4.22. The van der Waals surface area contributed by atoms with E-state index in [4.69, 9.17) is 9.15 Å². The Hall–Kier alpha value is -1.33. The van der Waals surface area contributed by atoms with Crippen LogP contribution in [0.15, 0.2) is 44.7 Å². The van der Waals surface area contributed by atoms with E-state index in [0.29, 0.717) is 53.2 Å². The highest BCUT2D eigenvalue weighted by Crippen LogP contribution is 2.28. The first-order valence-electron chi connectivity index (χ1n) is 6.69. The summed E-state index contributed by atoms with van der Waals surface area (Å²) in [6.45, 7) is 2.32. The molecule has 1 saturated heterocycles. The van der Waals surface area contributed by atoms with Crippen LogP contribution in [0.1, 0.15) is 0 Å². The monoisotopic (exact) mass is 322 g/mol. The van der Waals surface area contributed by atoms with Crippen molar-refractivity contribution in [1.29, 1.82) is 0 Å². The standard InChI is InChI=1S/C13H13N2O4S.Al.2H/c16-20(17,11-4-2-1-3-5-11)12-13(19-10-14-12)15-6-8-18-9-7-15;;;/h1-5H,6-9H2;;;. The molecule has 110 valence electrons. The Bertz CT molecular complexity index is 724. The molecule has 2 aromatic rings. The zero-order valence-corrected chi connectivity index (χ0v) is 14.5. The second-order valence-corrected chi connectivity index (χ2v) is 7.48. The van der Waals surface area contributed by atoms with Gasteiger partial charge in [-0.1, -0.05) is 18.2 Å². The molecule has 0 atom stereocenters. The van der Waals surface area contributed by atoms with Crippen molar-refractivity contribution < 1.29 is 17.6 Å². The van der Waals surface area contributed by atoms with Gasteiger partial charge in [-0.05, 0) is 12.1 Å². The Kier molecular flexibility index (Phi) is 4.04. The second kappa shape index (κ2) is 5.81. The second-order valence-electron chi connectivity index (χ2n) is 4.76. The van der Waals surface area contributed by atoms with Gasteiger partial charge in [0, 0.05) is 13.1 Å². The van der Waals surface area contributed by atoms with Gasteiger partial charge in [-0.2, -0.15) is 0 Å². The van der Waals surface area contributed by atoms with E-state index in [1.165, 1.54) is 0 Å². The lowest BCUT2D eigenvalue weighted by Crippen LogP contribution is -2.36. The molecule has 1 aliphatic heterocycles. The summed E-state index contributed by atoms with van der Waals surface area (Å²) in [6.07, 6.45) is 0. The van der Waals surface area contributed by atoms with Gasteiger partial charge in [-0.25, -0.2) is 13.4 Å². The van der Waals surface area contributed by atoms with Gasteiger partial charge in [0.2, 0.25) is 20.7 Å².